The predicted octanol–water partition coefficient (Wildman–Crippen LogP) is 4.70. The maximum atomic E-state index is 13.1. The van der Waals surface area contributed by atoms with Gasteiger partial charge in [0.2, 0.25) is 5.91 Å². The van der Waals surface area contributed by atoms with Gasteiger partial charge < -0.3 is 15.0 Å². The molecule has 6 heteroatoms. The van der Waals surface area contributed by atoms with Crippen LogP contribution in [-0.2, 0) is 16.1 Å². The van der Waals surface area contributed by atoms with Crippen molar-refractivity contribution in [1.82, 2.24) is 10.2 Å². The molecule has 0 spiro atoms. The number of aryl methyl sites for hydroxylation is 1. The fourth-order valence-electron chi connectivity index (χ4n) is 3.07. The number of benzene rings is 2. The van der Waals surface area contributed by atoms with Crippen LogP contribution in [0, 0.1) is 10.5 Å². The summed E-state index contributed by atoms with van der Waals surface area (Å²) >= 11 is 2.22. The highest BCUT2D eigenvalue weighted by molar-refractivity contribution is 14.1. The van der Waals surface area contributed by atoms with E-state index in [1.165, 1.54) is 0 Å². The molecule has 2 aromatic carbocycles. The van der Waals surface area contributed by atoms with Crippen molar-refractivity contribution >= 4 is 34.4 Å². The SMILES string of the molecule is CCCCNC(=O)C(CC)N(Cc1ccc(C)cc1)C(=O)COc1ccc(I)cc1. The number of unbranched alkanes of at least 4 members (excludes halogenated alkanes) is 1. The van der Waals surface area contributed by atoms with Gasteiger partial charge in [0.25, 0.3) is 5.91 Å². The fourth-order valence-corrected chi connectivity index (χ4v) is 3.43. The van der Waals surface area contributed by atoms with E-state index in [4.69, 9.17) is 4.74 Å². The van der Waals surface area contributed by atoms with E-state index < -0.39 is 6.04 Å². The van der Waals surface area contributed by atoms with Crippen LogP contribution >= 0.6 is 22.6 Å². The molecule has 1 unspecified atom stereocenters. The lowest BCUT2D eigenvalue weighted by Gasteiger charge is -2.30. The van der Waals surface area contributed by atoms with Crippen LogP contribution in [0.2, 0.25) is 0 Å². The molecule has 0 aliphatic heterocycles. The van der Waals surface area contributed by atoms with Gasteiger partial charge in [-0.15, -0.1) is 0 Å². The van der Waals surface area contributed by atoms with Gasteiger partial charge in [-0.05, 0) is 72.2 Å². The summed E-state index contributed by atoms with van der Waals surface area (Å²) in [7, 11) is 0. The van der Waals surface area contributed by atoms with E-state index in [-0.39, 0.29) is 18.4 Å². The Kier molecular flexibility index (Phi) is 10.1. The summed E-state index contributed by atoms with van der Waals surface area (Å²) in [6.07, 6.45) is 2.47. The molecule has 0 aromatic heterocycles. The van der Waals surface area contributed by atoms with Crippen LogP contribution in [0.4, 0.5) is 0 Å². The second-order valence-corrected chi connectivity index (χ2v) is 8.56. The van der Waals surface area contributed by atoms with Crippen LogP contribution in [0.5, 0.6) is 5.75 Å². The van der Waals surface area contributed by atoms with E-state index >= 15 is 0 Å². The molecule has 0 bridgehead atoms. The van der Waals surface area contributed by atoms with Gasteiger partial charge in [-0.1, -0.05) is 50.1 Å². The van der Waals surface area contributed by atoms with E-state index in [1.54, 1.807) is 4.90 Å². The molecule has 0 aliphatic carbocycles. The molecule has 5 nitrogen and oxygen atoms in total. The Morgan fingerprint density at radius 3 is 2.33 bits per heavy atom. The Bertz CT molecular complexity index is 806. The van der Waals surface area contributed by atoms with Crippen LogP contribution in [0.25, 0.3) is 0 Å². The minimum absolute atomic E-state index is 0.106. The Labute approximate surface area is 193 Å². The molecule has 0 heterocycles. The summed E-state index contributed by atoms with van der Waals surface area (Å²) in [4.78, 5) is 27.6. The zero-order valence-corrected chi connectivity index (χ0v) is 20.1. The minimum Gasteiger partial charge on any atom is -0.484 e. The zero-order valence-electron chi connectivity index (χ0n) is 18.0. The fraction of sp³-hybridized carbons (Fsp3) is 0.417. The molecule has 2 aromatic rings. The van der Waals surface area contributed by atoms with E-state index in [0.29, 0.717) is 25.3 Å². The van der Waals surface area contributed by atoms with Gasteiger partial charge in [0, 0.05) is 16.7 Å². The van der Waals surface area contributed by atoms with Crippen molar-refractivity contribution in [2.24, 2.45) is 0 Å². The molecule has 30 heavy (non-hydrogen) atoms. The average Bonchev–Trinajstić information content (AvgIpc) is 2.74. The van der Waals surface area contributed by atoms with Crippen molar-refractivity contribution in [3.05, 3.63) is 63.2 Å². The molecule has 0 saturated carbocycles. The van der Waals surface area contributed by atoms with Gasteiger partial charge in [0.05, 0.1) is 0 Å². The maximum absolute atomic E-state index is 13.1. The molecule has 2 rings (SSSR count). The highest BCUT2D eigenvalue weighted by Crippen LogP contribution is 2.16. The third kappa shape index (κ3) is 7.63. The van der Waals surface area contributed by atoms with Crippen LogP contribution in [0.1, 0.15) is 44.2 Å². The van der Waals surface area contributed by atoms with Crippen molar-refractivity contribution in [2.45, 2.75) is 52.6 Å². The number of nitrogens with zero attached hydrogens (tertiary/aromatic N) is 1. The van der Waals surface area contributed by atoms with E-state index in [9.17, 15) is 9.59 Å². The Morgan fingerprint density at radius 1 is 1.07 bits per heavy atom. The largest absolute Gasteiger partial charge is 0.484 e. The lowest BCUT2D eigenvalue weighted by atomic mass is 10.1. The highest BCUT2D eigenvalue weighted by atomic mass is 127. The third-order valence-corrected chi connectivity index (χ3v) is 5.58. The van der Waals surface area contributed by atoms with E-state index in [1.807, 2.05) is 62.4 Å². The molecular weight excluding hydrogens is 491 g/mol. The standard InChI is InChI=1S/C24H31IN2O3/c1-4-6-15-26-24(29)22(5-2)27(16-19-9-7-18(3)8-10-19)23(28)17-30-21-13-11-20(25)12-14-21/h7-14,22H,4-6,15-17H2,1-3H3,(H,26,29). The molecule has 1 N–H and O–H groups in total. The summed E-state index contributed by atoms with van der Waals surface area (Å²) in [6, 6.07) is 15.0. The Morgan fingerprint density at radius 2 is 1.73 bits per heavy atom. The minimum atomic E-state index is -0.531. The summed E-state index contributed by atoms with van der Waals surface area (Å²) in [5.74, 6) is 0.326. The molecule has 1 atom stereocenters. The first kappa shape index (κ1) is 24.2. The van der Waals surface area contributed by atoms with Gasteiger partial charge in [-0.25, -0.2) is 0 Å². The second-order valence-electron chi connectivity index (χ2n) is 7.32. The van der Waals surface area contributed by atoms with Crippen molar-refractivity contribution < 1.29 is 14.3 Å². The molecular formula is C24H31IN2O3. The number of amides is 2. The Hall–Kier alpha value is -2.09. The second kappa shape index (κ2) is 12.6. The first-order valence-corrected chi connectivity index (χ1v) is 11.5. The van der Waals surface area contributed by atoms with Gasteiger partial charge in [-0.3, -0.25) is 9.59 Å². The molecule has 0 aliphatic rings. The topological polar surface area (TPSA) is 58.6 Å². The van der Waals surface area contributed by atoms with Crippen molar-refractivity contribution in [1.29, 1.82) is 0 Å². The molecule has 0 saturated heterocycles. The Balaban J connectivity index is 2.15. The summed E-state index contributed by atoms with van der Waals surface area (Å²) in [5.41, 5.74) is 2.14. The first-order chi connectivity index (χ1) is 14.4. The lowest BCUT2D eigenvalue weighted by molar-refractivity contribution is -0.143. The number of carbonyl (C=O) groups excluding carboxylic acids is 2. The van der Waals surface area contributed by atoms with Crippen LogP contribution in [0.3, 0.4) is 0 Å². The van der Waals surface area contributed by atoms with Crippen molar-refractivity contribution in [3.63, 3.8) is 0 Å². The number of halogens is 1. The smallest absolute Gasteiger partial charge is 0.261 e. The summed E-state index contributed by atoms with van der Waals surface area (Å²) in [5, 5.41) is 2.97. The number of rotatable bonds is 11. The van der Waals surface area contributed by atoms with Crippen molar-refractivity contribution in [2.75, 3.05) is 13.2 Å². The number of hydrogen-bond acceptors (Lipinski definition) is 3. The molecule has 2 amide bonds. The zero-order chi connectivity index (χ0) is 21.9. The van der Waals surface area contributed by atoms with Crippen molar-refractivity contribution in [3.8, 4) is 5.75 Å². The van der Waals surface area contributed by atoms with Gasteiger partial charge in [-0.2, -0.15) is 0 Å². The lowest BCUT2D eigenvalue weighted by Crippen LogP contribution is -2.50. The maximum Gasteiger partial charge on any atom is 0.261 e. The van der Waals surface area contributed by atoms with E-state index in [0.717, 1.165) is 27.5 Å². The molecule has 162 valence electrons. The van der Waals surface area contributed by atoms with Gasteiger partial charge >= 0.3 is 0 Å². The highest BCUT2D eigenvalue weighted by Gasteiger charge is 2.28. The van der Waals surface area contributed by atoms with Crippen LogP contribution in [-0.4, -0.2) is 35.9 Å². The number of hydrogen-bond donors (Lipinski definition) is 1. The summed E-state index contributed by atoms with van der Waals surface area (Å²) in [6.45, 7) is 6.92. The van der Waals surface area contributed by atoms with Crippen LogP contribution in [0.15, 0.2) is 48.5 Å². The summed E-state index contributed by atoms with van der Waals surface area (Å²) < 4.78 is 6.81. The van der Waals surface area contributed by atoms with Crippen LogP contribution < -0.4 is 10.1 Å². The number of nitrogens with one attached hydrogen (secondary N) is 1. The quantitative estimate of drug-likeness (QED) is 0.344. The molecule has 0 fully saturated rings. The van der Waals surface area contributed by atoms with Gasteiger partial charge in [0.1, 0.15) is 11.8 Å². The average molecular weight is 522 g/mol. The predicted molar refractivity (Wildman–Crippen MR) is 128 cm³/mol. The molecule has 0 radical (unpaired) electrons. The number of ether oxygens (including phenoxy) is 1. The normalized spacial score (nSPS) is 11.6. The monoisotopic (exact) mass is 522 g/mol. The first-order valence-electron chi connectivity index (χ1n) is 10.5. The van der Waals surface area contributed by atoms with E-state index in [2.05, 4.69) is 34.8 Å². The third-order valence-electron chi connectivity index (χ3n) is 4.86. The van der Waals surface area contributed by atoms with Gasteiger partial charge in [0.15, 0.2) is 6.61 Å². The number of carbonyl (C=O) groups is 2.